The Labute approximate surface area is 175 Å². The van der Waals surface area contributed by atoms with Crippen LogP contribution in [0.25, 0.3) is 10.9 Å². The van der Waals surface area contributed by atoms with E-state index >= 15 is 0 Å². The molecule has 3 aromatic rings. The zero-order chi connectivity index (χ0) is 21.9. The van der Waals surface area contributed by atoms with E-state index in [0.717, 1.165) is 22.2 Å². The molecule has 162 valence electrons. The van der Waals surface area contributed by atoms with Crippen LogP contribution in [0.15, 0.2) is 41.5 Å². The SMILES string of the molecule is COc1ccc2[nH]cc(CCN(CCCn3ccc(=O)c(O)c3C)S(C)(=O)=O)c2c1. The summed E-state index contributed by atoms with van der Waals surface area (Å²) in [5.74, 6) is 0.482. The Hall–Kier alpha value is -2.78. The predicted octanol–water partition coefficient (Wildman–Crippen LogP) is 2.25. The van der Waals surface area contributed by atoms with Crippen molar-refractivity contribution in [3.63, 3.8) is 0 Å². The molecule has 30 heavy (non-hydrogen) atoms. The standard InChI is InChI=1S/C21H27N3O5S/c1-15-21(26)20(25)8-11-23(15)9-4-10-24(30(3,27)28)12-7-16-14-22-19-6-5-17(29-2)13-18(16)19/h5-6,8,11,13-14,22,26H,4,7,9-10,12H2,1-3H3. The minimum absolute atomic E-state index is 0.271. The molecule has 0 saturated heterocycles. The molecule has 0 saturated carbocycles. The van der Waals surface area contributed by atoms with Gasteiger partial charge in [-0.1, -0.05) is 0 Å². The van der Waals surface area contributed by atoms with Gasteiger partial charge in [0.1, 0.15) is 5.75 Å². The summed E-state index contributed by atoms with van der Waals surface area (Å²) in [6.07, 6.45) is 5.84. The van der Waals surface area contributed by atoms with Crippen LogP contribution in [0.4, 0.5) is 0 Å². The number of fused-ring (bicyclic) bond motifs is 1. The highest BCUT2D eigenvalue weighted by Gasteiger charge is 2.17. The molecule has 2 N–H and O–H groups in total. The molecule has 0 aliphatic rings. The van der Waals surface area contributed by atoms with E-state index in [9.17, 15) is 18.3 Å². The minimum Gasteiger partial charge on any atom is -0.503 e. The highest BCUT2D eigenvalue weighted by Crippen LogP contribution is 2.24. The van der Waals surface area contributed by atoms with Crippen molar-refractivity contribution in [3.8, 4) is 11.5 Å². The number of benzene rings is 1. The molecule has 8 nitrogen and oxygen atoms in total. The lowest BCUT2D eigenvalue weighted by molar-refractivity contribution is 0.395. The fraction of sp³-hybridized carbons (Fsp3) is 0.381. The van der Waals surface area contributed by atoms with Gasteiger partial charge in [0.05, 0.1) is 19.1 Å². The monoisotopic (exact) mass is 433 g/mol. The summed E-state index contributed by atoms with van der Waals surface area (Å²) in [7, 11) is -1.76. The Balaban J connectivity index is 1.67. The first kappa shape index (κ1) is 21.9. The molecule has 0 atom stereocenters. The van der Waals surface area contributed by atoms with E-state index in [4.69, 9.17) is 4.74 Å². The average Bonchev–Trinajstić information content (AvgIpc) is 3.11. The maximum Gasteiger partial charge on any atom is 0.223 e. The highest BCUT2D eigenvalue weighted by atomic mass is 32.2. The van der Waals surface area contributed by atoms with Crippen LogP contribution in [0.5, 0.6) is 11.5 Å². The molecular formula is C21H27N3O5S. The number of aromatic amines is 1. The minimum atomic E-state index is -3.37. The molecule has 9 heteroatoms. The second-order valence-electron chi connectivity index (χ2n) is 7.30. The van der Waals surface area contributed by atoms with Gasteiger partial charge < -0.3 is 19.4 Å². The molecule has 3 rings (SSSR count). The molecule has 0 aliphatic carbocycles. The van der Waals surface area contributed by atoms with Gasteiger partial charge in [0.2, 0.25) is 15.5 Å². The number of aryl methyl sites for hydroxylation is 1. The number of hydrogen-bond acceptors (Lipinski definition) is 5. The third kappa shape index (κ3) is 4.85. The number of methoxy groups -OCH3 is 1. The largest absolute Gasteiger partial charge is 0.503 e. The number of pyridine rings is 1. The Bertz CT molecular complexity index is 1200. The summed E-state index contributed by atoms with van der Waals surface area (Å²) in [5.41, 5.74) is 2.06. The third-order valence-corrected chi connectivity index (χ3v) is 6.60. The second-order valence-corrected chi connectivity index (χ2v) is 9.28. The van der Waals surface area contributed by atoms with Gasteiger partial charge >= 0.3 is 0 Å². The van der Waals surface area contributed by atoms with Crippen LogP contribution < -0.4 is 10.2 Å². The molecule has 1 aromatic carbocycles. The maximum atomic E-state index is 12.3. The number of nitrogens with one attached hydrogen (secondary N) is 1. The van der Waals surface area contributed by atoms with E-state index in [1.807, 2.05) is 24.4 Å². The smallest absolute Gasteiger partial charge is 0.223 e. The van der Waals surface area contributed by atoms with Crippen molar-refractivity contribution in [1.29, 1.82) is 0 Å². The normalized spacial score (nSPS) is 12.0. The number of H-pyrrole nitrogens is 1. The van der Waals surface area contributed by atoms with Gasteiger partial charge in [-0.15, -0.1) is 0 Å². The number of nitrogens with zero attached hydrogens (tertiary/aromatic N) is 2. The summed E-state index contributed by atoms with van der Waals surface area (Å²) in [4.78, 5) is 14.7. The zero-order valence-electron chi connectivity index (χ0n) is 17.4. The maximum absolute atomic E-state index is 12.3. The van der Waals surface area contributed by atoms with Crippen molar-refractivity contribution < 1.29 is 18.3 Å². The molecule has 0 unspecified atom stereocenters. The van der Waals surface area contributed by atoms with E-state index in [1.54, 1.807) is 24.8 Å². The molecule has 0 aliphatic heterocycles. The lowest BCUT2D eigenvalue weighted by atomic mass is 10.1. The fourth-order valence-electron chi connectivity index (χ4n) is 3.50. The van der Waals surface area contributed by atoms with Gasteiger partial charge in [0.15, 0.2) is 5.75 Å². The summed E-state index contributed by atoms with van der Waals surface area (Å²) in [6.45, 7) is 2.86. The lowest BCUT2D eigenvalue weighted by Gasteiger charge is -2.20. The highest BCUT2D eigenvalue weighted by molar-refractivity contribution is 7.88. The lowest BCUT2D eigenvalue weighted by Crippen LogP contribution is -2.33. The van der Waals surface area contributed by atoms with Gasteiger partial charge in [0, 0.05) is 49.0 Å². The Morgan fingerprint density at radius 3 is 2.70 bits per heavy atom. The summed E-state index contributed by atoms with van der Waals surface area (Å²) in [6, 6.07) is 7.07. The Morgan fingerprint density at radius 1 is 1.23 bits per heavy atom. The second kappa shape index (κ2) is 8.93. The first-order chi connectivity index (χ1) is 14.2. The molecule has 0 bridgehead atoms. The van der Waals surface area contributed by atoms with Gasteiger partial charge in [-0.3, -0.25) is 4.79 Å². The van der Waals surface area contributed by atoms with Crippen LogP contribution in [0.1, 0.15) is 17.7 Å². The predicted molar refractivity (Wildman–Crippen MR) is 117 cm³/mol. The first-order valence-electron chi connectivity index (χ1n) is 9.69. The first-order valence-corrected chi connectivity index (χ1v) is 11.5. The van der Waals surface area contributed by atoms with Crippen LogP contribution in [-0.4, -0.2) is 53.8 Å². The van der Waals surface area contributed by atoms with Crippen molar-refractivity contribution in [3.05, 3.63) is 58.1 Å². The van der Waals surface area contributed by atoms with Gasteiger partial charge in [-0.25, -0.2) is 12.7 Å². The quantitative estimate of drug-likeness (QED) is 0.539. The topological polar surface area (TPSA) is 105 Å². The van der Waals surface area contributed by atoms with Gasteiger partial charge in [0.25, 0.3) is 0 Å². The number of hydrogen-bond donors (Lipinski definition) is 2. The van der Waals surface area contributed by atoms with E-state index < -0.39 is 15.5 Å². The van der Waals surface area contributed by atoms with E-state index in [2.05, 4.69) is 4.98 Å². The molecular weight excluding hydrogens is 406 g/mol. The molecule has 0 amide bonds. The number of aromatic hydroxyl groups is 1. The van der Waals surface area contributed by atoms with Crippen LogP contribution in [-0.2, 0) is 23.0 Å². The van der Waals surface area contributed by atoms with E-state index in [0.29, 0.717) is 38.2 Å². The summed E-state index contributed by atoms with van der Waals surface area (Å²) < 4.78 is 33.0. The Morgan fingerprint density at radius 2 is 2.00 bits per heavy atom. The van der Waals surface area contributed by atoms with Crippen molar-refractivity contribution >= 4 is 20.9 Å². The van der Waals surface area contributed by atoms with Crippen LogP contribution in [0.3, 0.4) is 0 Å². The molecule has 2 heterocycles. The number of rotatable bonds is 9. The number of ether oxygens (including phenoxy) is 1. The average molecular weight is 434 g/mol. The zero-order valence-corrected chi connectivity index (χ0v) is 18.2. The van der Waals surface area contributed by atoms with E-state index in [-0.39, 0.29) is 5.75 Å². The fourth-order valence-corrected chi connectivity index (χ4v) is 4.39. The molecule has 2 aromatic heterocycles. The van der Waals surface area contributed by atoms with Crippen molar-refractivity contribution in [2.75, 3.05) is 26.5 Å². The molecule has 0 radical (unpaired) electrons. The Kier molecular flexibility index (Phi) is 6.52. The van der Waals surface area contributed by atoms with Crippen molar-refractivity contribution in [1.82, 2.24) is 13.9 Å². The summed E-state index contributed by atoms with van der Waals surface area (Å²) >= 11 is 0. The van der Waals surface area contributed by atoms with Gasteiger partial charge in [-0.2, -0.15) is 0 Å². The number of aromatic nitrogens is 2. The van der Waals surface area contributed by atoms with Crippen molar-refractivity contribution in [2.45, 2.75) is 26.3 Å². The summed E-state index contributed by atoms with van der Waals surface area (Å²) in [5, 5.41) is 10.8. The van der Waals surface area contributed by atoms with E-state index in [1.165, 1.54) is 16.6 Å². The van der Waals surface area contributed by atoms with Crippen LogP contribution in [0, 0.1) is 6.92 Å². The number of sulfonamides is 1. The third-order valence-electron chi connectivity index (χ3n) is 5.29. The van der Waals surface area contributed by atoms with Gasteiger partial charge in [-0.05, 0) is 43.5 Å². The van der Waals surface area contributed by atoms with Crippen LogP contribution in [0.2, 0.25) is 0 Å². The van der Waals surface area contributed by atoms with Crippen LogP contribution >= 0.6 is 0 Å². The molecule has 0 fully saturated rings. The van der Waals surface area contributed by atoms with Crippen molar-refractivity contribution in [2.24, 2.45) is 0 Å². The molecule has 0 spiro atoms.